The van der Waals surface area contributed by atoms with Crippen LogP contribution in [0.3, 0.4) is 0 Å². The van der Waals surface area contributed by atoms with Gasteiger partial charge in [0.25, 0.3) is 0 Å². The zero-order valence-electron chi connectivity index (χ0n) is 6.25. The van der Waals surface area contributed by atoms with Gasteiger partial charge in [-0.2, -0.15) is 0 Å². The molecule has 11 heavy (non-hydrogen) atoms. The van der Waals surface area contributed by atoms with Crippen LogP contribution in [0.5, 0.6) is 0 Å². The van der Waals surface area contributed by atoms with Crippen molar-refractivity contribution >= 4 is 35.0 Å². The lowest BCUT2D eigenvalue weighted by molar-refractivity contribution is 0.813. The summed E-state index contributed by atoms with van der Waals surface area (Å²) < 4.78 is 1.25. The zero-order valence-corrected chi connectivity index (χ0v) is 9.22. The van der Waals surface area contributed by atoms with Crippen molar-refractivity contribution in [3.63, 3.8) is 0 Å². The third-order valence-corrected chi connectivity index (χ3v) is 2.38. The Hall–Kier alpha value is 0.200. The van der Waals surface area contributed by atoms with Crippen LogP contribution < -0.4 is 5.73 Å². The van der Waals surface area contributed by atoms with Gasteiger partial charge in [0.15, 0.2) is 0 Å². The second kappa shape index (κ2) is 4.95. The van der Waals surface area contributed by atoms with E-state index in [1.807, 2.05) is 19.1 Å². The van der Waals surface area contributed by atoms with E-state index in [0.29, 0.717) is 0 Å². The van der Waals surface area contributed by atoms with Crippen LogP contribution >= 0.6 is 35.0 Å². The molecule has 0 spiro atoms. The van der Waals surface area contributed by atoms with Crippen molar-refractivity contribution in [1.29, 1.82) is 0 Å². The average Bonchev–Trinajstić information content (AvgIpc) is 1.88. The highest BCUT2D eigenvalue weighted by molar-refractivity contribution is 14.1. The van der Waals surface area contributed by atoms with Crippen LogP contribution in [0, 0.1) is 3.57 Å². The van der Waals surface area contributed by atoms with Gasteiger partial charge in [-0.15, -0.1) is 12.4 Å². The van der Waals surface area contributed by atoms with Gasteiger partial charge in [-0.05, 0) is 41.1 Å². The number of hydrogen-bond donors (Lipinski definition) is 1. The van der Waals surface area contributed by atoms with E-state index >= 15 is 0 Å². The minimum absolute atomic E-state index is 0. The van der Waals surface area contributed by atoms with Crippen LogP contribution in [0.2, 0.25) is 0 Å². The van der Waals surface area contributed by atoms with Crippen LogP contribution in [-0.2, 0) is 0 Å². The first-order chi connectivity index (χ1) is 4.72. The highest BCUT2D eigenvalue weighted by Crippen LogP contribution is 2.16. The molecule has 0 aliphatic heterocycles. The second-order valence-electron chi connectivity index (χ2n) is 2.31. The van der Waals surface area contributed by atoms with Crippen LogP contribution in [0.25, 0.3) is 0 Å². The zero-order chi connectivity index (χ0) is 7.56. The molecule has 0 amide bonds. The van der Waals surface area contributed by atoms with E-state index < -0.39 is 0 Å². The second-order valence-corrected chi connectivity index (χ2v) is 3.47. The first-order valence-corrected chi connectivity index (χ1v) is 4.29. The van der Waals surface area contributed by atoms with Crippen LogP contribution in [-0.4, -0.2) is 0 Å². The number of hydrogen-bond acceptors (Lipinski definition) is 1. The number of halogens is 2. The van der Waals surface area contributed by atoms with Gasteiger partial charge in [0, 0.05) is 9.61 Å². The molecule has 1 atom stereocenters. The minimum Gasteiger partial charge on any atom is -0.324 e. The van der Waals surface area contributed by atoms with Gasteiger partial charge in [0.2, 0.25) is 0 Å². The van der Waals surface area contributed by atoms with Crippen molar-refractivity contribution < 1.29 is 0 Å². The molecular weight excluding hydrogens is 272 g/mol. The number of benzene rings is 1. The monoisotopic (exact) mass is 283 g/mol. The molecule has 0 fully saturated rings. The molecule has 2 N–H and O–H groups in total. The number of nitrogens with two attached hydrogens (primary N) is 1. The van der Waals surface area contributed by atoms with E-state index in [1.165, 1.54) is 9.13 Å². The Labute approximate surface area is 86.9 Å². The lowest BCUT2D eigenvalue weighted by Crippen LogP contribution is -2.06. The van der Waals surface area contributed by atoms with E-state index in [9.17, 15) is 0 Å². The molecule has 1 aromatic rings. The fourth-order valence-corrected chi connectivity index (χ4v) is 1.72. The maximum absolute atomic E-state index is 5.71. The Kier molecular flexibility index (Phi) is 5.04. The Morgan fingerprint density at radius 1 is 1.36 bits per heavy atom. The standard InChI is InChI=1S/C8H10IN.ClH/c1-6(10)7-4-2-3-5-8(7)9;/h2-6H,10H2,1H3;1H/t6-;/m0./s1. The highest BCUT2D eigenvalue weighted by Gasteiger charge is 2.01. The fraction of sp³-hybridized carbons (Fsp3) is 0.250. The summed E-state index contributed by atoms with van der Waals surface area (Å²) in [6.45, 7) is 2.00. The smallest absolute Gasteiger partial charge is 0.0276 e. The average molecular weight is 284 g/mol. The van der Waals surface area contributed by atoms with Crippen molar-refractivity contribution in [2.75, 3.05) is 0 Å². The van der Waals surface area contributed by atoms with Crippen LogP contribution in [0.1, 0.15) is 18.5 Å². The van der Waals surface area contributed by atoms with Crippen molar-refractivity contribution in [1.82, 2.24) is 0 Å². The van der Waals surface area contributed by atoms with Gasteiger partial charge in [0.05, 0.1) is 0 Å². The minimum atomic E-state index is 0. The third-order valence-electron chi connectivity index (χ3n) is 1.40. The summed E-state index contributed by atoms with van der Waals surface area (Å²) in [5.41, 5.74) is 6.93. The maximum Gasteiger partial charge on any atom is 0.0276 e. The Morgan fingerprint density at radius 3 is 2.27 bits per heavy atom. The van der Waals surface area contributed by atoms with Gasteiger partial charge in [-0.1, -0.05) is 18.2 Å². The SMILES string of the molecule is C[C@H](N)c1ccccc1I.Cl. The first-order valence-electron chi connectivity index (χ1n) is 3.22. The highest BCUT2D eigenvalue weighted by atomic mass is 127. The lowest BCUT2D eigenvalue weighted by atomic mass is 10.1. The van der Waals surface area contributed by atoms with Crippen molar-refractivity contribution in [3.05, 3.63) is 33.4 Å². The van der Waals surface area contributed by atoms with Crippen LogP contribution in [0.15, 0.2) is 24.3 Å². The number of rotatable bonds is 1. The van der Waals surface area contributed by atoms with Gasteiger partial charge < -0.3 is 5.73 Å². The molecule has 62 valence electrons. The topological polar surface area (TPSA) is 26.0 Å². The molecule has 0 aliphatic rings. The molecule has 0 heterocycles. The maximum atomic E-state index is 5.71. The lowest BCUT2D eigenvalue weighted by Gasteiger charge is -2.06. The molecule has 1 rings (SSSR count). The van der Waals surface area contributed by atoms with Gasteiger partial charge >= 0.3 is 0 Å². The van der Waals surface area contributed by atoms with Crippen molar-refractivity contribution in [2.24, 2.45) is 5.73 Å². The summed E-state index contributed by atoms with van der Waals surface area (Å²) >= 11 is 2.30. The van der Waals surface area contributed by atoms with Gasteiger partial charge in [-0.3, -0.25) is 0 Å². The summed E-state index contributed by atoms with van der Waals surface area (Å²) in [6.07, 6.45) is 0. The Bertz CT molecular complexity index is 225. The van der Waals surface area contributed by atoms with E-state index in [4.69, 9.17) is 5.73 Å². The predicted octanol–water partition coefficient (Wildman–Crippen LogP) is 2.73. The molecule has 0 saturated heterocycles. The molecule has 0 saturated carbocycles. The van der Waals surface area contributed by atoms with E-state index in [2.05, 4.69) is 34.7 Å². The predicted molar refractivity (Wildman–Crippen MR) is 59.0 cm³/mol. The molecule has 1 nitrogen and oxygen atoms in total. The largest absolute Gasteiger partial charge is 0.324 e. The van der Waals surface area contributed by atoms with E-state index in [1.54, 1.807) is 0 Å². The molecule has 0 unspecified atom stereocenters. The van der Waals surface area contributed by atoms with Gasteiger partial charge in [-0.25, -0.2) is 0 Å². The van der Waals surface area contributed by atoms with E-state index in [-0.39, 0.29) is 18.4 Å². The molecule has 0 aromatic heterocycles. The molecule has 0 aliphatic carbocycles. The fourth-order valence-electron chi connectivity index (χ4n) is 0.844. The normalized spacial score (nSPS) is 11.9. The third kappa shape index (κ3) is 2.97. The molecule has 0 radical (unpaired) electrons. The summed E-state index contributed by atoms with van der Waals surface area (Å²) in [4.78, 5) is 0. The first kappa shape index (κ1) is 11.2. The summed E-state index contributed by atoms with van der Waals surface area (Å²) in [7, 11) is 0. The molecule has 1 aromatic carbocycles. The van der Waals surface area contributed by atoms with E-state index in [0.717, 1.165) is 0 Å². The van der Waals surface area contributed by atoms with Crippen molar-refractivity contribution in [2.45, 2.75) is 13.0 Å². The summed E-state index contributed by atoms with van der Waals surface area (Å²) in [6, 6.07) is 8.31. The quantitative estimate of drug-likeness (QED) is 0.788. The summed E-state index contributed by atoms with van der Waals surface area (Å²) in [5.74, 6) is 0. The van der Waals surface area contributed by atoms with Gasteiger partial charge in [0.1, 0.15) is 0 Å². The Balaban J connectivity index is 0.000001000. The molecule has 3 heteroatoms. The molecular formula is C8H11ClIN. The van der Waals surface area contributed by atoms with Crippen LogP contribution in [0.4, 0.5) is 0 Å². The Morgan fingerprint density at radius 2 is 1.91 bits per heavy atom. The summed E-state index contributed by atoms with van der Waals surface area (Å²) in [5, 5.41) is 0. The molecule has 0 bridgehead atoms. The van der Waals surface area contributed by atoms with Crippen molar-refractivity contribution in [3.8, 4) is 0 Å².